The topological polar surface area (TPSA) is 72.0 Å². The van der Waals surface area contributed by atoms with E-state index in [4.69, 9.17) is 9.47 Å². The van der Waals surface area contributed by atoms with Crippen LogP contribution in [0.15, 0.2) is 42.7 Å². The first-order chi connectivity index (χ1) is 15.1. The molecule has 0 saturated carbocycles. The Hall–Kier alpha value is -3.09. The largest absolute Gasteiger partial charge is 0.497 e. The van der Waals surface area contributed by atoms with Crippen molar-refractivity contribution in [3.05, 3.63) is 53.9 Å². The van der Waals surface area contributed by atoms with E-state index < -0.39 is 0 Å². The van der Waals surface area contributed by atoms with Gasteiger partial charge in [0.2, 0.25) is 5.91 Å². The van der Waals surface area contributed by atoms with E-state index in [2.05, 4.69) is 4.98 Å². The minimum absolute atomic E-state index is 0.00685. The lowest BCUT2D eigenvalue weighted by Gasteiger charge is -2.35. The number of methoxy groups -OCH3 is 2. The first kappa shape index (κ1) is 21.2. The van der Waals surface area contributed by atoms with Crippen LogP contribution in [0.25, 0.3) is 0 Å². The molecule has 2 aliphatic rings. The van der Waals surface area contributed by atoms with E-state index in [1.165, 1.54) is 0 Å². The molecule has 2 amide bonds. The zero-order chi connectivity index (χ0) is 21.8. The molecule has 0 radical (unpaired) electrons. The molecule has 31 heavy (non-hydrogen) atoms. The second kappa shape index (κ2) is 9.37. The molecule has 2 saturated heterocycles. The SMILES string of the molecule is COc1ccc(OC)c([C@H]2CCCN2C(=O)C2CCN(C(=O)c3cccnc3)CC2)c1. The first-order valence-corrected chi connectivity index (χ1v) is 10.8. The van der Waals surface area contributed by atoms with Crippen LogP contribution in [-0.4, -0.2) is 60.5 Å². The number of aromatic nitrogens is 1. The number of rotatable bonds is 5. The van der Waals surface area contributed by atoms with Gasteiger partial charge in [0.25, 0.3) is 5.91 Å². The number of carbonyl (C=O) groups excluding carboxylic acids is 2. The Morgan fingerprint density at radius 3 is 2.52 bits per heavy atom. The predicted molar refractivity (Wildman–Crippen MR) is 116 cm³/mol. The highest BCUT2D eigenvalue weighted by Crippen LogP contribution is 2.40. The van der Waals surface area contributed by atoms with Crippen LogP contribution < -0.4 is 9.47 Å². The summed E-state index contributed by atoms with van der Waals surface area (Å²) in [6, 6.07) is 9.29. The van der Waals surface area contributed by atoms with Crippen molar-refractivity contribution in [2.45, 2.75) is 31.7 Å². The lowest BCUT2D eigenvalue weighted by molar-refractivity contribution is -0.137. The van der Waals surface area contributed by atoms with E-state index in [0.717, 1.165) is 36.4 Å². The maximum atomic E-state index is 13.4. The number of likely N-dealkylation sites (tertiary alicyclic amines) is 2. The molecule has 2 aromatic rings. The van der Waals surface area contributed by atoms with Gasteiger partial charge in [0.15, 0.2) is 0 Å². The molecule has 0 unspecified atom stereocenters. The molecule has 1 atom stereocenters. The number of amides is 2. The van der Waals surface area contributed by atoms with Crippen molar-refractivity contribution in [1.29, 1.82) is 0 Å². The summed E-state index contributed by atoms with van der Waals surface area (Å²) in [5, 5.41) is 0. The Bertz CT molecular complexity index is 926. The van der Waals surface area contributed by atoms with Crippen molar-refractivity contribution in [3.63, 3.8) is 0 Å². The molecule has 1 aromatic carbocycles. The summed E-state index contributed by atoms with van der Waals surface area (Å²) in [4.78, 5) is 33.9. The number of pyridine rings is 1. The van der Waals surface area contributed by atoms with Crippen LogP contribution in [0.1, 0.15) is 47.6 Å². The Labute approximate surface area is 183 Å². The average molecular weight is 424 g/mol. The van der Waals surface area contributed by atoms with E-state index in [0.29, 0.717) is 31.5 Å². The zero-order valence-corrected chi connectivity index (χ0v) is 18.1. The van der Waals surface area contributed by atoms with Crippen LogP contribution in [0.3, 0.4) is 0 Å². The molecule has 164 valence electrons. The second-order valence-electron chi connectivity index (χ2n) is 8.11. The minimum Gasteiger partial charge on any atom is -0.497 e. The van der Waals surface area contributed by atoms with Gasteiger partial charge in [-0.05, 0) is 56.0 Å². The summed E-state index contributed by atoms with van der Waals surface area (Å²) >= 11 is 0. The highest BCUT2D eigenvalue weighted by Gasteiger charge is 2.37. The fourth-order valence-electron chi connectivity index (χ4n) is 4.69. The van der Waals surface area contributed by atoms with Crippen molar-refractivity contribution < 1.29 is 19.1 Å². The van der Waals surface area contributed by atoms with Gasteiger partial charge in [0.05, 0.1) is 25.8 Å². The number of benzene rings is 1. The molecule has 0 bridgehead atoms. The summed E-state index contributed by atoms with van der Waals surface area (Å²) in [6.45, 7) is 1.93. The fourth-order valence-corrected chi connectivity index (χ4v) is 4.69. The van der Waals surface area contributed by atoms with Gasteiger partial charge in [-0.2, -0.15) is 0 Å². The molecule has 2 aliphatic heterocycles. The molecule has 0 spiro atoms. The van der Waals surface area contributed by atoms with Crippen LogP contribution in [0.4, 0.5) is 0 Å². The third-order valence-electron chi connectivity index (χ3n) is 6.37. The number of carbonyl (C=O) groups is 2. The van der Waals surface area contributed by atoms with Gasteiger partial charge >= 0.3 is 0 Å². The summed E-state index contributed by atoms with van der Waals surface area (Å²) in [7, 11) is 3.30. The lowest BCUT2D eigenvalue weighted by Crippen LogP contribution is -2.44. The number of hydrogen-bond donors (Lipinski definition) is 0. The molecule has 7 heteroatoms. The molecule has 3 heterocycles. The smallest absolute Gasteiger partial charge is 0.255 e. The molecule has 4 rings (SSSR count). The summed E-state index contributed by atoms with van der Waals surface area (Å²) in [5.41, 5.74) is 1.59. The van der Waals surface area contributed by atoms with Crippen LogP contribution in [-0.2, 0) is 4.79 Å². The molecule has 2 fully saturated rings. The van der Waals surface area contributed by atoms with Gasteiger partial charge in [-0.3, -0.25) is 14.6 Å². The predicted octanol–water partition coefficient (Wildman–Crippen LogP) is 3.31. The van der Waals surface area contributed by atoms with E-state index in [1.54, 1.807) is 38.7 Å². The average Bonchev–Trinajstić information content (AvgIpc) is 3.33. The quantitative estimate of drug-likeness (QED) is 0.738. The number of hydrogen-bond acceptors (Lipinski definition) is 5. The Kier molecular flexibility index (Phi) is 6.39. The molecule has 0 N–H and O–H groups in total. The van der Waals surface area contributed by atoms with E-state index in [9.17, 15) is 9.59 Å². The third kappa shape index (κ3) is 4.36. The molecular weight excluding hydrogens is 394 g/mol. The van der Waals surface area contributed by atoms with Gasteiger partial charge in [-0.25, -0.2) is 0 Å². The van der Waals surface area contributed by atoms with Crippen molar-refractivity contribution in [2.24, 2.45) is 5.92 Å². The Balaban J connectivity index is 1.43. The van der Waals surface area contributed by atoms with Gasteiger partial charge in [-0.1, -0.05) is 0 Å². The summed E-state index contributed by atoms with van der Waals surface area (Å²) in [6.07, 6.45) is 6.50. The second-order valence-corrected chi connectivity index (χ2v) is 8.11. The molecular formula is C24H29N3O4. The number of piperidine rings is 1. The van der Waals surface area contributed by atoms with Crippen molar-refractivity contribution >= 4 is 11.8 Å². The molecule has 0 aliphatic carbocycles. The molecule has 1 aromatic heterocycles. The van der Waals surface area contributed by atoms with Crippen LogP contribution in [0.5, 0.6) is 11.5 Å². The Morgan fingerprint density at radius 2 is 1.84 bits per heavy atom. The summed E-state index contributed by atoms with van der Waals surface area (Å²) in [5.74, 6) is 1.65. The zero-order valence-electron chi connectivity index (χ0n) is 18.1. The number of ether oxygens (including phenoxy) is 2. The fraction of sp³-hybridized carbons (Fsp3) is 0.458. The van der Waals surface area contributed by atoms with Crippen LogP contribution in [0, 0.1) is 5.92 Å². The highest BCUT2D eigenvalue weighted by molar-refractivity contribution is 5.94. The van der Waals surface area contributed by atoms with E-state index in [1.807, 2.05) is 28.0 Å². The standard InChI is InChI=1S/C24H29N3O4/c1-30-19-7-8-22(31-2)20(15-19)21-6-4-12-27(21)24(29)17-9-13-26(14-10-17)23(28)18-5-3-11-25-16-18/h3,5,7-8,11,15-17,21H,4,6,9-10,12-14H2,1-2H3/t21-/m1/s1. The van der Waals surface area contributed by atoms with Crippen molar-refractivity contribution in [1.82, 2.24) is 14.8 Å². The Morgan fingerprint density at radius 1 is 1.03 bits per heavy atom. The van der Waals surface area contributed by atoms with E-state index >= 15 is 0 Å². The van der Waals surface area contributed by atoms with Gasteiger partial charge in [0.1, 0.15) is 11.5 Å². The van der Waals surface area contributed by atoms with Gasteiger partial charge < -0.3 is 19.3 Å². The van der Waals surface area contributed by atoms with E-state index in [-0.39, 0.29) is 23.8 Å². The minimum atomic E-state index is -0.0600. The maximum absolute atomic E-state index is 13.4. The normalized spacial score (nSPS) is 19.4. The van der Waals surface area contributed by atoms with Crippen molar-refractivity contribution in [2.75, 3.05) is 33.9 Å². The highest BCUT2D eigenvalue weighted by atomic mass is 16.5. The number of nitrogens with zero attached hydrogens (tertiary/aromatic N) is 3. The maximum Gasteiger partial charge on any atom is 0.255 e. The monoisotopic (exact) mass is 423 g/mol. The van der Waals surface area contributed by atoms with Crippen molar-refractivity contribution in [3.8, 4) is 11.5 Å². The lowest BCUT2D eigenvalue weighted by atomic mass is 9.93. The first-order valence-electron chi connectivity index (χ1n) is 10.8. The van der Waals surface area contributed by atoms with Crippen LogP contribution in [0.2, 0.25) is 0 Å². The molecule has 7 nitrogen and oxygen atoms in total. The summed E-state index contributed by atoms with van der Waals surface area (Å²) < 4.78 is 11.0. The third-order valence-corrected chi connectivity index (χ3v) is 6.37. The van der Waals surface area contributed by atoms with Gasteiger partial charge in [0, 0.05) is 43.5 Å². The van der Waals surface area contributed by atoms with Crippen LogP contribution >= 0.6 is 0 Å². The van der Waals surface area contributed by atoms with Gasteiger partial charge in [-0.15, -0.1) is 0 Å².